The molecule has 0 amide bonds. The maximum Gasteiger partial charge on any atom is 0.312 e. The van der Waals surface area contributed by atoms with Crippen molar-refractivity contribution >= 4 is 5.97 Å². The van der Waals surface area contributed by atoms with E-state index in [9.17, 15) is 4.79 Å². The van der Waals surface area contributed by atoms with Gasteiger partial charge >= 0.3 is 5.97 Å². The Morgan fingerprint density at radius 3 is 2.55 bits per heavy atom. The lowest BCUT2D eigenvalue weighted by Crippen LogP contribution is -2.54. The van der Waals surface area contributed by atoms with Gasteiger partial charge in [0.05, 0.1) is 38.4 Å². The summed E-state index contributed by atoms with van der Waals surface area (Å²) in [5.41, 5.74) is 1.55. The van der Waals surface area contributed by atoms with Gasteiger partial charge in [0.2, 0.25) is 0 Å². The Morgan fingerprint density at radius 1 is 1.13 bits per heavy atom. The second kappa shape index (κ2) is 10.2. The maximum atomic E-state index is 13.2. The molecule has 0 aromatic rings. The van der Waals surface area contributed by atoms with E-state index in [2.05, 4.69) is 39.5 Å². The molecule has 0 saturated heterocycles. The first-order chi connectivity index (χ1) is 14.8. The van der Waals surface area contributed by atoms with E-state index in [0.717, 1.165) is 25.7 Å². The van der Waals surface area contributed by atoms with Crippen LogP contribution in [0.5, 0.6) is 0 Å². The van der Waals surface area contributed by atoms with Crippen molar-refractivity contribution in [1.82, 2.24) is 0 Å². The number of carbonyl (C=O) groups is 1. The molecule has 0 aliphatic heterocycles. The van der Waals surface area contributed by atoms with Crippen LogP contribution in [0.25, 0.3) is 0 Å². The molecule has 0 radical (unpaired) electrons. The molecule has 2 fully saturated rings. The van der Waals surface area contributed by atoms with Gasteiger partial charge in [-0.2, -0.15) is 0 Å². The van der Waals surface area contributed by atoms with Crippen molar-refractivity contribution in [3.05, 3.63) is 24.3 Å². The predicted molar refractivity (Wildman–Crippen MR) is 122 cm³/mol. The standard InChI is InChI=1S/C26H42O5/c1-5-24(2)12-9-21-20(19-24)7-8-22-25(21,3)10-6-11-26(22,4)23(28)31-18-17-30-16-15-29-14-13-27/h5,7,21-22,27H,1,6,8-19H2,2-4H3/t21-,22+,24-,25+,26+/m0/s1. The van der Waals surface area contributed by atoms with Crippen LogP contribution in [0.4, 0.5) is 0 Å². The van der Waals surface area contributed by atoms with E-state index < -0.39 is 5.41 Å². The fourth-order valence-corrected chi connectivity index (χ4v) is 6.60. The van der Waals surface area contributed by atoms with Gasteiger partial charge in [0, 0.05) is 0 Å². The summed E-state index contributed by atoms with van der Waals surface area (Å²) in [7, 11) is 0. The van der Waals surface area contributed by atoms with E-state index in [0.29, 0.717) is 38.3 Å². The second-order valence-electron chi connectivity index (χ2n) is 10.6. The molecule has 5 atom stereocenters. The van der Waals surface area contributed by atoms with Gasteiger partial charge in [0.1, 0.15) is 6.61 Å². The number of allylic oxidation sites excluding steroid dienone is 3. The van der Waals surface area contributed by atoms with Crippen molar-refractivity contribution in [1.29, 1.82) is 0 Å². The summed E-state index contributed by atoms with van der Waals surface area (Å²) in [4.78, 5) is 13.2. The molecule has 1 N–H and O–H groups in total. The van der Waals surface area contributed by atoms with E-state index >= 15 is 0 Å². The van der Waals surface area contributed by atoms with Gasteiger partial charge in [-0.15, -0.1) is 6.58 Å². The van der Waals surface area contributed by atoms with Gasteiger partial charge in [-0.25, -0.2) is 0 Å². The number of aliphatic hydroxyl groups excluding tert-OH is 1. The third-order valence-electron chi connectivity index (χ3n) is 8.48. The number of hydrogen-bond acceptors (Lipinski definition) is 5. The number of aliphatic hydroxyl groups is 1. The summed E-state index contributed by atoms with van der Waals surface area (Å²) in [6, 6.07) is 0. The number of carbonyl (C=O) groups excluding carboxylic acids is 1. The zero-order chi connectivity index (χ0) is 22.5. The molecular formula is C26H42O5. The fraction of sp³-hybridized carbons (Fsp3) is 0.808. The zero-order valence-electron chi connectivity index (χ0n) is 19.8. The molecule has 5 heteroatoms. The largest absolute Gasteiger partial charge is 0.463 e. The Hall–Kier alpha value is -1.17. The molecule has 5 nitrogen and oxygen atoms in total. The topological polar surface area (TPSA) is 65.0 Å². The van der Waals surface area contributed by atoms with Crippen LogP contribution in [-0.2, 0) is 19.0 Å². The Bertz CT molecular complexity index is 673. The van der Waals surface area contributed by atoms with Crippen LogP contribution in [0, 0.1) is 28.1 Å². The van der Waals surface area contributed by atoms with Gasteiger partial charge in [-0.05, 0) is 68.1 Å². The van der Waals surface area contributed by atoms with Gasteiger partial charge in [0.25, 0.3) is 0 Å². The molecule has 0 unspecified atom stereocenters. The van der Waals surface area contributed by atoms with Crippen molar-refractivity contribution in [3.8, 4) is 0 Å². The Morgan fingerprint density at radius 2 is 1.84 bits per heavy atom. The normalized spacial score (nSPS) is 37.4. The number of hydrogen-bond donors (Lipinski definition) is 1. The van der Waals surface area contributed by atoms with E-state index in [1.807, 2.05) is 0 Å². The molecule has 0 aromatic carbocycles. The van der Waals surface area contributed by atoms with Crippen molar-refractivity contribution in [2.75, 3.05) is 39.6 Å². The molecule has 0 bridgehead atoms. The molecule has 3 rings (SSSR count). The van der Waals surface area contributed by atoms with E-state index in [1.165, 1.54) is 19.3 Å². The number of ether oxygens (including phenoxy) is 3. The highest BCUT2D eigenvalue weighted by molar-refractivity contribution is 5.77. The lowest BCUT2D eigenvalue weighted by Gasteiger charge is -2.58. The molecule has 0 spiro atoms. The van der Waals surface area contributed by atoms with Crippen molar-refractivity contribution in [3.63, 3.8) is 0 Å². The van der Waals surface area contributed by atoms with Gasteiger partial charge < -0.3 is 19.3 Å². The van der Waals surface area contributed by atoms with Gasteiger partial charge in [0.15, 0.2) is 0 Å². The van der Waals surface area contributed by atoms with E-state index in [1.54, 1.807) is 5.57 Å². The minimum atomic E-state index is -0.432. The van der Waals surface area contributed by atoms with E-state index in [4.69, 9.17) is 19.3 Å². The van der Waals surface area contributed by atoms with Crippen molar-refractivity contribution in [2.45, 2.75) is 65.7 Å². The fourth-order valence-electron chi connectivity index (χ4n) is 6.60. The molecule has 0 heterocycles. The minimum Gasteiger partial charge on any atom is -0.463 e. The van der Waals surface area contributed by atoms with Gasteiger partial charge in [-0.3, -0.25) is 4.79 Å². The first-order valence-electron chi connectivity index (χ1n) is 12.1. The molecule has 3 aliphatic carbocycles. The lowest BCUT2D eigenvalue weighted by molar-refractivity contribution is -0.171. The quantitative estimate of drug-likeness (QED) is 0.307. The zero-order valence-corrected chi connectivity index (χ0v) is 19.8. The summed E-state index contributed by atoms with van der Waals surface area (Å²) >= 11 is 0. The Balaban J connectivity index is 1.59. The molecule has 176 valence electrons. The summed E-state index contributed by atoms with van der Waals surface area (Å²) in [6.07, 6.45) is 12.2. The minimum absolute atomic E-state index is 0.0153. The monoisotopic (exact) mass is 434 g/mol. The highest BCUT2D eigenvalue weighted by atomic mass is 16.6. The van der Waals surface area contributed by atoms with E-state index in [-0.39, 0.29) is 30.0 Å². The summed E-state index contributed by atoms with van der Waals surface area (Å²) < 4.78 is 16.4. The van der Waals surface area contributed by atoms with Crippen LogP contribution in [0.2, 0.25) is 0 Å². The first-order valence-corrected chi connectivity index (χ1v) is 12.1. The summed E-state index contributed by atoms with van der Waals surface area (Å²) in [6.45, 7) is 12.8. The Kier molecular flexibility index (Phi) is 8.04. The molecule has 0 aromatic heterocycles. The van der Waals surface area contributed by atoms with Crippen molar-refractivity contribution in [2.24, 2.45) is 28.1 Å². The smallest absolute Gasteiger partial charge is 0.312 e. The highest BCUT2D eigenvalue weighted by Crippen LogP contribution is 2.63. The SMILES string of the molecule is C=C[C@@]1(C)CC[C@H]2C(=CC[C@@H]3[C@]2(C)CCC[C@@]3(C)C(=O)OCCOCCOCCO)C1. The van der Waals surface area contributed by atoms with Crippen LogP contribution >= 0.6 is 0 Å². The van der Waals surface area contributed by atoms with Crippen molar-refractivity contribution < 1.29 is 24.1 Å². The molecule has 3 aliphatic rings. The molecule has 31 heavy (non-hydrogen) atoms. The number of rotatable bonds is 10. The molecule has 2 saturated carbocycles. The van der Waals surface area contributed by atoms with Gasteiger partial charge in [-0.1, -0.05) is 38.0 Å². The first kappa shape index (κ1) is 24.5. The van der Waals surface area contributed by atoms with Crippen LogP contribution in [0.15, 0.2) is 24.3 Å². The summed E-state index contributed by atoms with van der Waals surface area (Å²) in [5, 5.41) is 8.68. The molecular weight excluding hydrogens is 392 g/mol. The summed E-state index contributed by atoms with van der Waals surface area (Å²) in [5.74, 6) is 0.844. The number of fused-ring (bicyclic) bond motifs is 3. The van der Waals surface area contributed by atoms with Crippen LogP contribution in [-0.4, -0.2) is 50.7 Å². The highest BCUT2D eigenvalue weighted by Gasteiger charge is 2.58. The van der Waals surface area contributed by atoms with Crippen LogP contribution < -0.4 is 0 Å². The lowest BCUT2D eigenvalue weighted by atomic mass is 9.45. The predicted octanol–water partition coefficient (Wildman–Crippen LogP) is 4.69. The average Bonchev–Trinajstić information content (AvgIpc) is 2.75. The second-order valence-corrected chi connectivity index (χ2v) is 10.6. The average molecular weight is 435 g/mol. The Labute approximate surface area is 188 Å². The third-order valence-corrected chi connectivity index (χ3v) is 8.48. The maximum absolute atomic E-state index is 13.2. The van der Waals surface area contributed by atoms with Crippen LogP contribution in [0.3, 0.4) is 0 Å². The third kappa shape index (κ3) is 5.09. The number of esters is 1. The van der Waals surface area contributed by atoms with Crippen LogP contribution in [0.1, 0.15) is 65.7 Å².